The molecule has 1 aromatic rings. The number of hydrogen-bond acceptors (Lipinski definition) is 8. The van der Waals surface area contributed by atoms with Gasteiger partial charge in [-0.05, 0) is 30.0 Å². The second kappa shape index (κ2) is 14.2. The number of aromatic hydroxyl groups is 1. The number of nitrogens with two attached hydrogens (primary N) is 1. The van der Waals surface area contributed by atoms with Crippen LogP contribution in [0, 0.1) is 5.92 Å². The Morgan fingerprint density at radius 2 is 1.40 bits per heavy atom. The zero-order chi connectivity index (χ0) is 26.7. The molecule has 0 saturated heterocycles. The Bertz CT molecular complexity index is 909. The van der Waals surface area contributed by atoms with Crippen molar-refractivity contribution in [3.8, 4) is 5.75 Å². The van der Waals surface area contributed by atoms with Crippen LogP contribution in [0.2, 0.25) is 0 Å². The Labute approximate surface area is 208 Å². The molecule has 4 unspecified atom stereocenters. The minimum absolute atomic E-state index is 0.0138. The number of hydrogen-bond donors (Lipinski definition) is 8. The molecule has 0 bridgehead atoms. The lowest BCUT2D eigenvalue weighted by Crippen LogP contribution is -2.58. The SMILES string of the molecule is CC(C)C(N)C(=O)NC(Cc1ccc(O)cc1)C(=O)NC(CS)C(=O)NC(CCC(=O)O)C(=O)O. The number of carbonyl (C=O) groups is 5. The van der Waals surface area contributed by atoms with E-state index in [-0.39, 0.29) is 30.3 Å². The smallest absolute Gasteiger partial charge is 0.326 e. The van der Waals surface area contributed by atoms with Crippen molar-refractivity contribution in [3.63, 3.8) is 0 Å². The number of nitrogens with one attached hydrogen (secondary N) is 3. The molecule has 0 aromatic heterocycles. The van der Waals surface area contributed by atoms with Crippen LogP contribution < -0.4 is 21.7 Å². The maximum Gasteiger partial charge on any atom is 0.326 e. The van der Waals surface area contributed by atoms with Crippen molar-refractivity contribution in [2.24, 2.45) is 11.7 Å². The van der Waals surface area contributed by atoms with Crippen molar-refractivity contribution >= 4 is 42.3 Å². The summed E-state index contributed by atoms with van der Waals surface area (Å²) in [6, 6.07) is 1.18. The minimum atomic E-state index is -1.48. The maximum absolute atomic E-state index is 13.0. The van der Waals surface area contributed by atoms with Crippen molar-refractivity contribution < 1.29 is 39.3 Å². The van der Waals surface area contributed by atoms with Crippen LogP contribution in [0.3, 0.4) is 0 Å². The molecule has 0 aliphatic heterocycles. The number of carbonyl (C=O) groups excluding carboxylic acids is 3. The van der Waals surface area contributed by atoms with Crippen LogP contribution in [-0.2, 0) is 30.4 Å². The van der Waals surface area contributed by atoms with Gasteiger partial charge in [0.25, 0.3) is 0 Å². The fraction of sp³-hybridized carbons (Fsp3) is 0.500. The van der Waals surface area contributed by atoms with Crippen molar-refractivity contribution in [3.05, 3.63) is 29.8 Å². The van der Waals surface area contributed by atoms with E-state index in [2.05, 4.69) is 28.6 Å². The van der Waals surface area contributed by atoms with Crippen molar-refractivity contribution in [2.45, 2.75) is 57.3 Å². The van der Waals surface area contributed by atoms with E-state index < -0.39 is 60.2 Å². The lowest BCUT2D eigenvalue weighted by molar-refractivity contribution is -0.143. The lowest BCUT2D eigenvalue weighted by atomic mass is 10.0. The molecular formula is C22H32N4O8S. The second-order valence-corrected chi connectivity index (χ2v) is 8.64. The molecule has 0 heterocycles. The van der Waals surface area contributed by atoms with Gasteiger partial charge in [-0.1, -0.05) is 26.0 Å². The third-order valence-electron chi connectivity index (χ3n) is 5.11. The molecule has 0 saturated carbocycles. The number of carboxylic acid groups (broad SMARTS) is 2. The van der Waals surface area contributed by atoms with Crippen LogP contribution in [0.15, 0.2) is 24.3 Å². The van der Waals surface area contributed by atoms with Crippen LogP contribution >= 0.6 is 12.6 Å². The molecular weight excluding hydrogens is 480 g/mol. The van der Waals surface area contributed by atoms with Gasteiger partial charge in [0.2, 0.25) is 17.7 Å². The summed E-state index contributed by atoms with van der Waals surface area (Å²) in [5, 5.41) is 34.7. The molecule has 35 heavy (non-hydrogen) atoms. The summed E-state index contributed by atoms with van der Waals surface area (Å²) in [6.07, 6.45) is -0.817. The van der Waals surface area contributed by atoms with Gasteiger partial charge in [-0.3, -0.25) is 19.2 Å². The zero-order valence-electron chi connectivity index (χ0n) is 19.4. The van der Waals surface area contributed by atoms with E-state index in [4.69, 9.17) is 10.8 Å². The van der Waals surface area contributed by atoms with Crippen LogP contribution in [0.1, 0.15) is 32.3 Å². The Kier molecular flexibility index (Phi) is 12.0. The highest BCUT2D eigenvalue weighted by molar-refractivity contribution is 7.80. The van der Waals surface area contributed by atoms with Gasteiger partial charge >= 0.3 is 11.9 Å². The Morgan fingerprint density at radius 3 is 1.89 bits per heavy atom. The third kappa shape index (κ3) is 10.2. The maximum atomic E-state index is 13.0. The van der Waals surface area contributed by atoms with Gasteiger partial charge in [0.05, 0.1) is 6.04 Å². The van der Waals surface area contributed by atoms with Crippen molar-refractivity contribution in [2.75, 3.05) is 5.75 Å². The molecule has 3 amide bonds. The van der Waals surface area contributed by atoms with Gasteiger partial charge in [0.15, 0.2) is 0 Å². The number of thiol groups is 1. The number of rotatable bonds is 14. The monoisotopic (exact) mass is 512 g/mol. The largest absolute Gasteiger partial charge is 0.508 e. The molecule has 4 atom stereocenters. The van der Waals surface area contributed by atoms with Crippen LogP contribution in [0.5, 0.6) is 5.75 Å². The second-order valence-electron chi connectivity index (χ2n) is 8.28. The fourth-order valence-corrected chi connectivity index (χ4v) is 3.17. The summed E-state index contributed by atoms with van der Waals surface area (Å²) in [7, 11) is 0. The molecule has 0 fully saturated rings. The van der Waals surface area contributed by atoms with Crippen LogP contribution in [0.25, 0.3) is 0 Å². The number of carboxylic acids is 2. The molecule has 0 aliphatic rings. The van der Waals surface area contributed by atoms with E-state index in [9.17, 15) is 34.2 Å². The van der Waals surface area contributed by atoms with E-state index in [0.29, 0.717) is 5.56 Å². The van der Waals surface area contributed by atoms with Crippen LogP contribution in [0.4, 0.5) is 0 Å². The standard InChI is InChI=1S/C22H32N4O8S/c1-11(2)18(23)21(32)25-15(9-12-3-5-13(27)6-4-12)19(30)26-16(10-35)20(31)24-14(22(33)34)7-8-17(28)29/h3-6,11,14-16,18,27,35H,7-10,23H2,1-2H3,(H,24,31)(H,25,32)(H,26,30)(H,28,29)(H,33,34). The first-order chi connectivity index (χ1) is 16.3. The fourth-order valence-electron chi connectivity index (χ4n) is 2.91. The molecule has 8 N–H and O–H groups in total. The first-order valence-corrected chi connectivity index (χ1v) is 11.5. The summed E-state index contributed by atoms with van der Waals surface area (Å²) >= 11 is 4.04. The van der Waals surface area contributed by atoms with Gasteiger partial charge in [-0.25, -0.2) is 4.79 Å². The highest BCUT2D eigenvalue weighted by Gasteiger charge is 2.30. The lowest BCUT2D eigenvalue weighted by Gasteiger charge is -2.25. The van der Waals surface area contributed by atoms with E-state index in [0.717, 1.165) is 0 Å². The molecule has 194 valence electrons. The van der Waals surface area contributed by atoms with E-state index in [1.165, 1.54) is 12.1 Å². The van der Waals surface area contributed by atoms with E-state index in [1.807, 2.05) is 0 Å². The van der Waals surface area contributed by atoms with Crippen molar-refractivity contribution in [1.82, 2.24) is 16.0 Å². The number of aliphatic carboxylic acids is 2. The quantitative estimate of drug-likeness (QED) is 0.147. The Morgan fingerprint density at radius 1 is 0.886 bits per heavy atom. The highest BCUT2D eigenvalue weighted by Crippen LogP contribution is 2.12. The van der Waals surface area contributed by atoms with Gasteiger partial charge in [-0.2, -0.15) is 12.6 Å². The molecule has 0 spiro atoms. The summed E-state index contributed by atoms with van der Waals surface area (Å²) < 4.78 is 0. The normalized spacial score (nSPS) is 14.3. The average Bonchev–Trinajstić information content (AvgIpc) is 2.79. The number of benzene rings is 1. The predicted octanol–water partition coefficient (Wildman–Crippen LogP) is -0.748. The summed E-state index contributed by atoms with van der Waals surface area (Å²) in [6.45, 7) is 3.48. The van der Waals surface area contributed by atoms with Crippen LogP contribution in [-0.4, -0.2) is 74.9 Å². The molecule has 1 aromatic carbocycles. The summed E-state index contributed by atoms with van der Waals surface area (Å²) in [5.74, 6) is -5.24. The average molecular weight is 513 g/mol. The van der Waals surface area contributed by atoms with Gasteiger partial charge in [0, 0.05) is 18.6 Å². The first-order valence-electron chi connectivity index (χ1n) is 10.9. The Hall–Kier alpha value is -3.32. The van der Waals surface area contributed by atoms with Gasteiger partial charge < -0.3 is 37.0 Å². The predicted molar refractivity (Wildman–Crippen MR) is 129 cm³/mol. The van der Waals surface area contributed by atoms with Gasteiger partial charge in [0.1, 0.15) is 23.9 Å². The summed E-state index contributed by atoms with van der Waals surface area (Å²) in [5.41, 5.74) is 6.48. The minimum Gasteiger partial charge on any atom is -0.508 e. The highest BCUT2D eigenvalue weighted by atomic mass is 32.1. The third-order valence-corrected chi connectivity index (χ3v) is 5.47. The number of phenols is 1. The summed E-state index contributed by atoms with van der Waals surface area (Å²) in [4.78, 5) is 60.2. The first kappa shape index (κ1) is 29.7. The molecule has 1 rings (SSSR count). The number of amides is 3. The molecule has 13 heteroatoms. The van der Waals surface area contributed by atoms with E-state index >= 15 is 0 Å². The molecule has 0 radical (unpaired) electrons. The zero-order valence-corrected chi connectivity index (χ0v) is 20.3. The number of phenolic OH excluding ortho intramolecular Hbond substituents is 1. The van der Waals surface area contributed by atoms with E-state index in [1.54, 1.807) is 26.0 Å². The topological polar surface area (TPSA) is 208 Å². The Balaban J connectivity index is 3.00. The van der Waals surface area contributed by atoms with Crippen molar-refractivity contribution in [1.29, 1.82) is 0 Å². The van der Waals surface area contributed by atoms with Gasteiger partial charge in [-0.15, -0.1) is 0 Å². The molecule has 0 aliphatic carbocycles. The molecule has 12 nitrogen and oxygen atoms in total.